The lowest BCUT2D eigenvalue weighted by Crippen LogP contribution is -2.55. The summed E-state index contributed by atoms with van der Waals surface area (Å²) in [5.74, 6) is 0.0642. The van der Waals surface area contributed by atoms with Gasteiger partial charge in [0.2, 0.25) is 5.91 Å². The van der Waals surface area contributed by atoms with Gasteiger partial charge in [-0.3, -0.25) is 9.52 Å². The van der Waals surface area contributed by atoms with Crippen LogP contribution in [0.3, 0.4) is 0 Å². The summed E-state index contributed by atoms with van der Waals surface area (Å²) in [5, 5.41) is 3.73. The van der Waals surface area contributed by atoms with E-state index in [9.17, 15) is 13.2 Å². The van der Waals surface area contributed by atoms with Crippen LogP contribution < -0.4 is 9.62 Å². The Morgan fingerprint density at radius 2 is 1.97 bits per heavy atom. The highest BCUT2D eigenvalue weighted by Gasteiger charge is 2.31. The number of piperazine rings is 1. The van der Waals surface area contributed by atoms with Crippen molar-refractivity contribution in [2.45, 2.75) is 30.8 Å². The number of hydrogen-bond donors (Lipinski definition) is 1. The van der Waals surface area contributed by atoms with Gasteiger partial charge in [0.15, 0.2) is 5.13 Å². The summed E-state index contributed by atoms with van der Waals surface area (Å²) in [6.07, 6.45) is 3.48. The van der Waals surface area contributed by atoms with Gasteiger partial charge in [-0.15, -0.1) is 11.3 Å². The van der Waals surface area contributed by atoms with Crippen molar-refractivity contribution in [3.8, 4) is 0 Å². The molecule has 1 saturated heterocycles. The number of fused-ring (bicyclic) bond motifs is 1. The SMILES string of the molecule is C[C@H]1CN(c2ccc(S(=O)(=O)Nc3nccs3)cc2)CCN1C(=O)[C@H](C)n1ccc2ccc(Cl)cc21.[HH].[HH].[HH]. The van der Waals surface area contributed by atoms with Crippen LogP contribution in [0.5, 0.6) is 0 Å². The van der Waals surface area contributed by atoms with Crippen molar-refractivity contribution in [3.05, 3.63) is 71.3 Å². The fourth-order valence-corrected chi connectivity index (χ4v) is 6.58. The zero-order chi connectivity index (χ0) is 25.4. The van der Waals surface area contributed by atoms with Crippen LogP contribution in [-0.4, -0.2) is 54.5 Å². The van der Waals surface area contributed by atoms with Crippen molar-refractivity contribution in [1.29, 1.82) is 0 Å². The van der Waals surface area contributed by atoms with Gasteiger partial charge in [-0.05, 0) is 61.7 Å². The van der Waals surface area contributed by atoms with Crippen LogP contribution >= 0.6 is 22.9 Å². The van der Waals surface area contributed by atoms with Gasteiger partial charge in [-0.25, -0.2) is 13.4 Å². The molecule has 1 aliphatic rings. The maximum atomic E-state index is 13.4. The molecule has 8 nitrogen and oxygen atoms in total. The molecule has 5 rings (SSSR count). The molecule has 0 bridgehead atoms. The van der Waals surface area contributed by atoms with Crippen molar-refractivity contribution in [3.63, 3.8) is 0 Å². The summed E-state index contributed by atoms with van der Waals surface area (Å²) in [5.41, 5.74) is 1.86. The maximum absolute atomic E-state index is 13.4. The van der Waals surface area contributed by atoms with E-state index in [-0.39, 0.29) is 27.2 Å². The summed E-state index contributed by atoms with van der Waals surface area (Å²) >= 11 is 7.42. The van der Waals surface area contributed by atoms with Gasteiger partial charge in [-0.1, -0.05) is 17.7 Å². The molecule has 0 radical (unpaired) electrons. The highest BCUT2D eigenvalue weighted by atomic mass is 35.5. The third-order valence-corrected chi connectivity index (χ3v) is 8.94. The summed E-state index contributed by atoms with van der Waals surface area (Å²) < 4.78 is 29.7. The number of nitrogens with zero attached hydrogens (tertiary/aromatic N) is 4. The molecule has 2 aromatic carbocycles. The van der Waals surface area contributed by atoms with Gasteiger partial charge in [0.25, 0.3) is 10.0 Å². The molecule has 1 fully saturated rings. The number of thiazole rings is 1. The number of halogens is 1. The minimum atomic E-state index is -3.70. The first-order valence-corrected chi connectivity index (χ1v) is 14.3. The Morgan fingerprint density at radius 1 is 1.19 bits per heavy atom. The molecule has 1 N–H and O–H groups in total. The third kappa shape index (κ3) is 4.80. The van der Waals surface area contributed by atoms with Crippen molar-refractivity contribution in [2.24, 2.45) is 0 Å². The summed E-state index contributed by atoms with van der Waals surface area (Å²) in [4.78, 5) is 21.7. The first-order chi connectivity index (χ1) is 17.2. The molecule has 1 aliphatic heterocycles. The lowest BCUT2D eigenvalue weighted by molar-refractivity contribution is -0.136. The molecule has 36 heavy (non-hydrogen) atoms. The Balaban J connectivity index is 0.00000178. The Kier molecular flexibility index (Phi) is 6.67. The van der Waals surface area contributed by atoms with Gasteiger partial charge >= 0.3 is 0 Å². The third-order valence-electron chi connectivity index (χ3n) is 6.54. The number of carbonyl (C=O) groups is 1. The van der Waals surface area contributed by atoms with Gasteiger partial charge in [0.1, 0.15) is 6.04 Å². The fraction of sp³-hybridized carbons (Fsp3) is 0.280. The predicted octanol–water partition coefficient (Wildman–Crippen LogP) is 5.59. The summed E-state index contributed by atoms with van der Waals surface area (Å²) in [6.45, 7) is 5.85. The summed E-state index contributed by atoms with van der Waals surface area (Å²) in [7, 11) is -3.70. The van der Waals surface area contributed by atoms with Crippen LogP contribution in [-0.2, 0) is 14.8 Å². The molecule has 0 saturated carbocycles. The van der Waals surface area contributed by atoms with Crippen molar-refractivity contribution in [2.75, 3.05) is 29.3 Å². The normalized spacial score (nSPS) is 17.4. The van der Waals surface area contributed by atoms with E-state index in [1.807, 2.05) is 53.8 Å². The summed E-state index contributed by atoms with van der Waals surface area (Å²) in [6, 6.07) is 14.1. The lowest BCUT2D eigenvalue weighted by atomic mass is 10.1. The standard InChI is InChI=1S/C25H26ClN5O3S2.3H2/c1-17-16-29(21-5-7-22(8-6-21)36(33,34)28-25-27-10-14-35-25)12-13-30(17)24(32)18(2)31-11-9-19-3-4-20(26)15-23(19)31;;;/h3-11,14-15,17-18H,12-13,16H2,1-2H3,(H,27,28);3*1H/t17-,18-;;;/m0.../s1. The first kappa shape index (κ1) is 24.6. The highest BCUT2D eigenvalue weighted by molar-refractivity contribution is 7.93. The topological polar surface area (TPSA) is 87.5 Å². The average molecular weight is 550 g/mol. The second-order valence-corrected chi connectivity index (χ2v) is 11.9. The van der Waals surface area contributed by atoms with Gasteiger partial charge < -0.3 is 14.4 Å². The number of sulfonamides is 1. The largest absolute Gasteiger partial charge is 0.368 e. The molecule has 0 unspecified atom stereocenters. The van der Waals surface area contributed by atoms with Crippen molar-refractivity contribution >= 4 is 60.6 Å². The number of anilines is 2. The Morgan fingerprint density at radius 3 is 2.67 bits per heavy atom. The molecule has 3 heterocycles. The lowest BCUT2D eigenvalue weighted by Gasteiger charge is -2.42. The Bertz CT molecular complexity index is 1500. The second kappa shape index (κ2) is 9.76. The fourth-order valence-electron chi connectivity index (χ4n) is 4.62. The zero-order valence-electron chi connectivity index (χ0n) is 19.8. The molecule has 2 atom stereocenters. The van der Waals surface area contributed by atoms with Crippen molar-refractivity contribution < 1.29 is 17.5 Å². The maximum Gasteiger partial charge on any atom is 0.263 e. The molecular weight excluding hydrogens is 518 g/mol. The van der Waals surface area contributed by atoms with E-state index >= 15 is 0 Å². The number of rotatable bonds is 6. The number of benzene rings is 2. The minimum absolute atomic E-state index is 0. The van der Waals surface area contributed by atoms with E-state index < -0.39 is 10.0 Å². The average Bonchev–Trinajstić information content (AvgIpc) is 3.52. The number of aromatic nitrogens is 2. The monoisotopic (exact) mass is 549 g/mol. The second-order valence-electron chi connectivity index (χ2n) is 8.87. The number of amides is 1. The van der Waals surface area contributed by atoms with E-state index in [0.717, 1.165) is 16.6 Å². The van der Waals surface area contributed by atoms with E-state index in [2.05, 4.69) is 14.6 Å². The molecule has 1 amide bonds. The van der Waals surface area contributed by atoms with Crippen LogP contribution in [0, 0.1) is 0 Å². The quantitative estimate of drug-likeness (QED) is 0.339. The van der Waals surface area contributed by atoms with Crippen LogP contribution in [0.25, 0.3) is 10.9 Å². The molecule has 194 valence electrons. The van der Waals surface area contributed by atoms with E-state index in [1.165, 1.54) is 11.3 Å². The highest BCUT2D eigenvalue weighted by Crippen LogP contribution is 2.27. The van der Waals surface area contributed by atoms with Crippen molar-refractivity contribution in [1.82, 2.24) is 14.5 Å². The molecule has 0 aliphatic carbocycles. The number of hydrogen-bond acceptors (Lipinski definition) is 6. The molecule has 0 spiro atoms. The number of nitrogens with one attached hydrogen (secondary N) is 1. The predicted molar refractivity (Wildman–Crippen MR) is 151 cm³/mol. The van der Waals surface area contributed by atoms with Crippen LogP contribution in [0.15, 0.2) is 71.2 Å². The van der Waals surface area contributed by atoms with Crippen LogP contribution in [0.4, 0.5) is 10.8 Å². The first-order valence-electron chi connectivity index (χ1n) is 11.6. The van der Waals surface area contributed by atoms with Crippen LogP contribution in [0.1, 0.15) is 24.2 Å². The van der Waals surface area contributed by atoms with E-state index in [0.29, 0.717) is 29.8 Å². The molecule has 2 aromatic heterocycles. The van der Waals surface area contributed by atoms with Gasteiger partial charge in [0.05, 0.1) is 10.4 Å². The van der Waals surface area contributed by atoms with Gasteiger partial charge in [-0.2, -0.15) is 0 Å². The molecule has 11 heteroatoms. The molecular formula is C25H32ClN5O3S2. The Labute approximate surface area is 223 Å². The van der Waals surface area contributed by atoms with Crippen LogP contribution in [0.2, 0.25) is 5.02 Å². The zero-order valence-corrected chi connectivity index (χ0v) is 22.2. The van der Waals surface area contributed by atoms with E-state index in [4.69, 9.17) is 11.6 Å². The van der Waals surface area contributed by atoms with Gasteiger partial charge in [0, 0.05) is 58.4 Å². The van der Waals surface area contributed by atoms with E-state index in [1.54, 1.807) is 35.8 Å². The molecule has 4 aromatic rings. The number of carbonyl (C=O) groups excluding carboxylic acids is 1. The smallest absolute Gasteiger partial charge is 0.263 e. The Hall–Kier alpha value is -3.08. The minimum Gasteiger partial charge on any atom is -0.368 e.